The highest BCUT2D eigenvalue weighted by Crippen LogP contribution is 2.41. The molecule has 0 aromatic rings. The molecule has 24 heteroatoms. The zero-order valence-electron chi connectivity index (χ0n) is 45.6. The second kappa shape index (κ2) is 26.1. The summed E-state index contributed by atoms with van der Waals surface area (Å²) in [5.41, 5.74) is 0. The highest BCUT2D eigenvalue weighted by molar-refractivity contribution is 5.14. The minimum atomic E-state index is -1.89. The molecule has 0 saturated carbocycles. The van der Waals surface area contributed by atoms with E-state index in [-0.39, 0.29) is 68.1 Å². The molecule has 12 N–H and O–H groups in total. The maximum atomic E-state index is 11.9. The van der Waals surface area contributed by atoms with Gasteiger partial charge in [0, 0.05) is 0 Å². The first-order valence-electron chi connectivity index (χ1n) is 27.5. The lowest BCUT2D eigenvalue weighted by atomic mass is 9.90. The summed E-state index contributed by atoms with van der Waals surface area (Å²) in [7, 11) is 0. The minimum Gasteiger partial charge on any atom is -0.506 e. The van der Waals surface area contributed by atoms with Crippen LogP contribution in [0.2, 0.25) is 0 Å². The lowest BCUT2D eigenvalue weighted by Crippen LogP contribution is -2.67. The molecule has 24 nitrogen and oxygen atoms in total. The molecule has 0 radical (unpaired) electrons. The van der Waals surface area contributed by atoms with Gasteiger partial charge in [0.2, 0.25) is 6.29 Å². The van der Waals surface area contributed by atoms with E-state index in [1.165, 1.54) is 0 Å². The molecular weight excluding hydrogens is 1010 g/mol. The van der Waals surface area contributed by atoms with Gasteiger partial charge in [-0.1, -0.05) is 76.2 Å². The third-order valence-electron chi connectivity index (χ3n) is 15.2. The Balaban J connectivity index is 1.27. The van der Waals surface area contributed by atoms with E-state index in [9.17, 15) is 61.3 Å². The second-order valence-electron chi connectivity index (χ2n) is 24.0. The van der Waals surface area contributed by atoms with E-state index >= 15 is 0 Å². The van der Waals surface area contributed by atoms with Gasteiger partial charge in [0.25, 0.3) is 0 Å². The molecule has 442 valence electrons. The Bertz CT molecular complexity index is 1840. The van der Waals surface area contributed by atoms with Gasteiger partial charge in [-0.2, -0.15) is 0 Å². The van der Waals surface area contributed by atoms with Crippen molar-refractivity contribution in [1.29, 1.82) is 0 Å². The minimum absolute atomic E-state index is 0.111. The molecule has 28 unspecified atom stereocenters. The van der Waals surface area contributed by atoms with Crippen molar-refractivity contribution in [3.63, 3.8) is 0 Å². The number of aliphatic hydroxyl groups excluding tert-OH is 12. The summed E-state index contributed by atoms with van der Waals surface area (Å²) in [4.78, 5) is 0. The molecule has 0 aromatic heterocycles. The van der Waals surface area contributed by atoms with Gasteiger partial charge in [-0.15, -0.1) is 0 Å². The Hall–Kier alpha value is -1.54. The maximum absolute atomic E-state index is 11.9. The van der Waals surface area contributed by atoms with Gasteiger partial charge in [0.15, 0.2) is 43.0 Å². The van der Waals surface area contributed by atoms with Gasteiger partial charge in [-0.3, -0.25) is 0 Å². The van der Waals surface area contributed by atoms with Gasteiger partial charge < -0.3 is 118 Å². The van der Waals surface area contributed by atoms with E-state index < -0.39 is 184 Å². The van der Waals surface area contributed by atoms with Gasteiger partial charge in [-0.05, 0) is 68.1 Å². The fourth-order valence-electron chi connectivity index (χ4n) is 11.4. The van der Waals surface area contributed by atoms with Crippen LogP contribution in [0.5, 0.6) is 0 Å². The number of hydrogen-bond acceptors (Lipinski definition) is 24. The van der Waals surface area contributed by atoms with E-state index in [2.05, 4.69) is 0 Å². The largest absolute Gasteiger partial charge is 0.506 e. The third kappa shape index (κ3) is 13.7. The van der Waals surface area contributed by atoms with Crippen molar-refractivity contribution in [1.82, 2.24) is 0 Å². The molecule has 13 saturated heterocycles. The van der Waals surface area contributed by atoms with Crippen LogP contribution in [0.3, 0.4) is 0 Å². The van der Waals surface area contributed by atoms with Crippen molar-refractivity contribution in [2.75, 3.05) is 0 Å². The van der Waals surface area contributed by atoms with E-state index in [1.54, 1.807) is 6.92 Å². The summed E-state index contributed by atoms with van der Waals surface area (Å²) in [6, 6.07) is 0. The number of rotatable bonds is 11. The fraction of sp³-hybridized carbons (Fsp3) is 0.962. The molecule has 13 fully saturated rings. The normalized spacial score (nSPS) is 48.1. The summed E-state index contributed by atoms with van der Waals surface area (Å²) in [6.07, 6.45) is -42.5. The van der Waals surface area contributed by atoms with Crippen molar-refractivity contribution in [3.8, 4) is 0 Å². The molecule has 22 aliphatic heterocycles. The summed E-state index contributed by atoms with van der Waals surface area (Å²) >= 11 is 0. The van der Waals surface area contributed by atoms with Crippen LogP contribution < -0.4 is 0 Å². The molecule has 0 amide bonds. The highest BCUT2D eigenvalue weighted by Gasteiger charge is 2.58. The standard InChI is InChI=1S/C52H90O24/c1-12-23-41-29(53)35(59)47(65-23)72-42-24(13-18(2)3)67-49(37(61)31(42)55)74-44-26(15-20(6)7)69-51(39(63)33(44)57)76-46-28(17-22(10)11)70-52(40(64)34(46)58)75-45-27(16-21(8)9)68-50(38(62)32(45)56)73-43-25(14-19(4)5)66-48(71-41)36(60)30(43)54/h18-28,30-34,36-64H,12-17H2,1-11H3. The van der Waals surface area contributed by atoms with Gasteiger partial charge >= 0.3 is 0 Å². The predicted molar refractivity (Wildman–Crippen MR) is 261 cm³/mol. The zero-order chi connectivity index (χ0) is 55.9. The summed E-state index contributed by atoms with van der Waals surface area (Å²) in [6.45, 7) is 20.4. The molecule has 28 atom stereocenters. The molecule has 22 rings (SSSR count). The maximum Gasteiger partial charge on any atom is 0.220 e. The highest BCUT2D eigenvalue weighted by atomic mass is 16.8. The first-order valence-corrected chi connectivity index (χ1v) is 27.5. The SMILES string of the molecule is CCC1OC2OC3C(CC(C)C)OC(OC4C(CC(C)C)OC(OC5C(CC(C)C)OC(OC6C(CC(C)C)OC(OC7C(CC(C)C)OC(OC1C(O)=C2O)C(O)C7O)C(O)C6O)C(O)C5O)C(O)C4O)C(O)C3O. The van der Waals surface area contributed by atoms with Crippen LogP contribution in [0.4, 0.5) is 0 Å². The van der Waals surface area contributed by atoms with Crippen molar-refractivity contribution >= 4 is 0 Å². The van der Waals surface area contributed by atoms with E-state index in [0.717, 1.165) is 0 Å². The van der Waals surface area contributed by atoms with Crippen LogP contribution >= 0.6 is 0 Å². The van der Waals surface area contributed by atoms with Crippen LogP contribution in [0.15, 0.2) is 11.5 Å². The molecular formula is C52H90O24. The first-order chi connectivity index (χ1) is 35.7. The van der Waals surface area contributed by atoms with Crippen LogP contribution in [-0.2, 0) is 56.8 Å². The van der Waals surface area contributed by atoms with Crippen molar-refractivity contribution < 1.29 is 118 Å². The summed E-state index contributed by atoms with van der Waals surface area (Å²) in [5.74, 6) is -2.22. The molecule has 76 heavy (non-hydrogen) atoms. The van der Waals surface area contributed by atoms with Crippen LogP contribution in [0.25, 0.3) is 0 Å². The Kier molecular flexibility index (Phi) is 21.4. The second-order valence-corrected chi connectivity index (χ2v) is 24.0. The predicted octanol–water partition coefficient (Wildman–Crippen LogP) is 0.238. The molecule has 0 aliphatic carbocycles. The molecule has 0 spiro atoms. The third-order valence-corrected chi connectivity index (χ3v) is 15.2. The number of aliphatic hydroxyl groups is 12. The number of ether oxygens (including phenoxy) is 12. The zero-order valence-corrected chi connectivity index (χ0v) is 45.6. The van der Waals surface area contributed by atoms with E-state index in [4.69, 9.17) is 56.8 Å². The lowest BCUT2D eigenvalue weighted by molar-refractivity contribution is -0.395. The number of hydrogen-bond donors (Lipinski definition) is 12. The van der Waals surface area contributed by atoms with Gasteiger partial charge in [-0.25, -0.2) is 0 Å². The quantitative estimate of drug-likeness (QED) is 0.132. The van der Waals surface area contributed by atoms with Crippen LogP contribution in [0.1, 0.15) is 115 Å². The molecule has 22 aliphatic rings. The van der Waals surface area contributed by atoms with Gasteiger partial charge in [0.1, 0.15) is 97.7 Å². The monoisotopic (exact) mass is 1100 g/mol. The van der Waals surface area contributed by atoms with Crippen molar-refractivity contribution in [3.05, 3.63) is 11.5 Å². The average molecular weight is 1100 g/mol. The Labute approximate surface area is 445 Å². The smallest absolute Gasteiger partial charge is 0.220 e. The van der Waals surface area contributed by atoms with Crippen molar-refractivity contribution in [2.45, 2.75) is 287 Å². The topological polar surface area (TPSA) is 354 Å². The molecule has 22 heterocycles. The molecule has 0 aromatic carbocycles. The van der Waals surface area contributed by atoms with Crippen LogP contribution in [0, 0.1) is 29.6 Å². The first kappa shape index (κ1) is 62.1. The average Bonchev–Trinajstić information content (AvgIpc) is 3.34. The van der Waals surface area contributed by atoms with Crippen molar-refractivity contribution in [2.24, 2.45) is 29.6 Å². The van der Waals surface area contributed by atoms with E-state index in [0.29, 0.717) is 0 Å². The van der Waals surface area contributed by atoms with Crippen LogP contribution in [-0.4, -0.2) is 233 Å². The Morgan fingerprint density at radius 1 is 0.289 bits per heavy atom. The lowest BCUT2D eigenvalue weighted by Gasteiger charge is -2.51. The fourth-order valence-corrected chi connectivity index (χ4v) is 11.4. The van der Waals surface area contributed by atoms with Gasteiger partial charge in [0.05, 0.1) is 36.6 Å². The Morgan fingerprint density at radius 3 is 0.763 bits per heavy atom. The van der Waals surface area contributed by atoms with E-state index in [1.807, 2.05) is 69.2 Å². The summed E-state index contributed by atoms with van der Waals surface area (Å²) < 4.78 is 75.5. The summed E-state index contributed by atoms with van der Waals surface area (Å²) in [5, 5.41) is 141. The Morgan fingerprint density at radius 2 is 0.526 bits per heavy atom. The molecule has 12 bridgehead atoms.